The van der Waals surface area contributed by atoms with E-state index in [2.05, 4.69) is 6.58 Å². The number of aromatic carboxylic acids is 1. The van der Waals surface area contributed by atoms with Crippen molar-refractivity contribution in [1.82, 2.24) is 0 Å². The fourth-order valence-electron chi connectivity index (χ4n) is 0.876. The molecule has 1 aromatic carbocycles. The fourth-order valence-corrected chi connectivity index (χ4v) is 0.876. The normalized spacial score (nSPS) is 9.33. The zero-order valence-corrected chi connectivity index (χ0v) is 6.32. The van der Waals surface area contributed by atoms with Crippen molar-refractivity contribution in [2.24, 2.45) is 0 Å². The van der Waals surface area contributed by atoms with Gasteiger partial charge in [0.1, 0.15) is 5.75 Å². The predicted octanol–water partition coefficient (Wildman–Crippen LogP) is 1.73. The van der Waals surface area contributed by atoms with E-state index < -0.39 is 5.97 Å². The van der Waals surface area contributed by atoms with Crippen molar-refractivity contribution in [3.05, 3.63) is 35.9 Å². The Bertz CT molecular complexity index is 329. The highest BCUT2D eigenvalue weighted by atomic mass is 16.4. The summed E-state index contributed by atoms with van der Waals surface area (Å²) in [7, 11) is 0. The molecule has 0 aliphatic heterocycles. The molecule has 0 aliphatic rings. The van der Waals surface area contributed by atoms with Crippen molar-refractivity contribution in [2.45, 2.75) is 0 Å². The lowest BCUT2D eigenvalue weighted by Crippen LogP contribution is -1.95. The standard InChI is InChI=1S/C9H8O3/c1-2-6-3-7(9(11)12)5-8(10)4-6/h2-5,10H,1H2,(H,11,12). The van der Waals surface area contributed by atoms with Crippen LogP contribution in [0.3, 0.4) is 0 Å². The Balaban J connectivity index is 3.23. The van der Waals surface area contributed by atoms with Gasteiger partial charge in [-0.3, -0.25) is 0 Å². The van der Waals surface area contributed by atoms with Gasteiger partial charge in [-0.25, -0.2) is 4.79 Å². The van der Waals surface area contributed by atoms with Crippen LogP contribution in [0.15, 0.2) is 24.8 Å². The average molecular weight is 164 g/mol. The largest absolute Gasteiger partial charge is 0.508 e. The van der Waals surface area contributed by atoms with E-state index in [1.54, 1.807) is 0 Å². The van der Waals surface area contributed by atoms with E-state index >= 15 is 0 Å². The number of hydrogen-bond acceptors (Lipinski definition) is 2. The van der Waals surface area contributed by atoms with E-state index in [4.69, 9.17) is 10.2 Å². The number of aromatic hydroxyl groups is 1. The minimum absolute atomic E-state index is 0.0601. The van der Waals surface area contributed by atoms with Crippen molar-refractivity contribution in [2.75, 3.05) is 0 Å². The van der Waals surface area contributed by atoms with Gasteiger partial charge in [0, 0.05) is 0 Å². The zero-order valence-electron chi connectivity index (χ0n) is 6.32. The van der Waals surface area contributed by atoms with Crippen LogP contribution < -0.4 is 0 Å². The van der Waals surface area contributed by atoms with Gasteiger partial charge in [0.15, 0.2) is 0 Å². The third kappa shape index (κ3) is 1.63. The van der Waals surface area contributed by atoms with E-state index in [0.29, 0.717) is 5.56 Å². The molecule has 3 nitrogen and oxygen atoms in total. The van der Waals surface area contributed by atoms with Gasteiger partial charge in [-0.15, -0.1) is 0 Å². The summed E-state index contributed by atoms with van der Waals surface area (Å²) in [6.45, 7) is 3.47. The maximum atomic E-state index is 10.5. The molecule has 0 amide bonds. The molecule has 0 unspecified atom stereocenters. The van der Waals surface area contributed by atoms with Crippen molar-refractivity contribution >= 4 is 12.0 Å². The Morgan fingerprint density at radius 3 is 2.58 bits per heavy atom. The van der Waals surface area contributed by atoms with Crippen molar-refractivity contribution in [3.8, 4) is 5.75 Å². The second kappa shape index (κ2) is 3.09. The van der Waals surface area contributed by atoms with Gasteiger partial charge in [0.05, 0.1) is 5.56 Å². The molecule has 0 atom stereocenters. The Labute approximate surface area is 69.6 Å². The molecule has 0 spiro atoms. The summed E-state index contributed by atoms with van der Waals surface area (Å²) in [5.74, 6) is -1.13. The number of carboxylic acids is 1. The molecule has 3 heteroatoms. The fraction of sp³-hybridized carbons (Fsp3) is 0. The zero-order chi connectivity index (χ0) is 9.14. The highest BCUT2D eigenvalue weighted by Gasteiger charge is 2.04. The first kappa shape index (κ1) is 8.33. The van der Waals surface area contributed by atoms with Crippen LogP contribution >= 0.6 is 0 Å². The van der Waals surface area contributed by atoms with E-state index in [1.165, 1.54) is 24.3 Å². The van der Waals surface area contributed by atoms with E-state index in [9.17, 15) is 4.79 Å². The Hall–Kier alpha value is -1.77. The van der Waals surface area contributed by atoms with Gasteiger partial charge in [0.25, 0.3) is 0 Å². The van der Waals surface area contributed by atoms with Crippen LogP contribution in [0, 0.1) is 0 Å². The van der Waals surface area contributed by atoms with Gasteiger partial charge < -0.3 is 10.2 Å². The van der Waals surface area contributed by atoms with Crippen LogP contribution in [0.4, 0.5) is 0 Å². The Morgan fingerprint density at radius 1 is 1.42 bits per heavy atom. The average Bonchev–Trinajstić information content (AvgIpc) is 2.03. The number of phenols is 1. The lowest BCUT2D eigenvalue weighted by molar-refractivity contribution is 0.0696. The van der Waals surface area contributed by atoms with Crippen molar-refractivity contribution in [1.29, 1.82) is 0 Å². The molecule has 12 heavy (non-hydrogen) atoms. The van der Waals surface area contributed by atoms with Crippen LogP contribution in [0.2, 0.25) is 0 Å². The molecule has 0 heterocycles. The number of carbonyl (C=O) groups is 1. The summed E-state index contributed by atoms with van der Waals surface area (Å²) in [6.07, 6.45) is 1.48. The number of hydrogen-bond donors (Lipinski definition) is 2. The molecule has 0 radical (unpaired) electrons. The molecule has 0 aromatic heterocycles. The number of benzene rings is 1. The number of phenolic OH excluding ortho intramolecular Hbond substituents is 1. The minimum Gasteiger partial charge on any atom is -0.508 e. The smallest absolute Gasteiger partial charge is 0.335 e. The molecule has 0 bridgehead atoms. The van der Waals surface area contributed by atoms with Crippen LogP contribution in [0.1, 0.15) is 15.9 Å². The lowest BCUT2D eigenvalue weighted by Gasteiger charge is -1.98. The molecule has 0 saturated heterocycles. The molecule has 0 saturated carbocycles. The van der Waals surface area contributed by atoms with Gasteiger partial charge in [-0.05, 0) is 23.8 Å². The summed E-state index contributed by atoms with van der Waals surface area (Å²) in [6, 6.07) is 4.07. The van der Waals surface area contributed by atoms with Gasteiger partial charge in [-0.1, -0.05) is 12.7 Å². The monoisotopic (exact) mass is 164 g/mol. The summed E-state index contributed by atoms with van der Waals surface area (Å²) < 4.78 is 0. The highest BCUT2D eigenvalue weighted by Crippen LogP contribution is 2.16. The molecular weight excluding hydrogens is 156 g/mol. The van der Waals surface area contributed by atoms with Crippen LogP contribution in [-0.4, -0.2) is 16.2 Å². The summed E-state index contributed by atoms with van der Waals surface area (Å²) in [5.41, 5.74) is 0.650. The first-order valence-electron chi connectivity index (χ1n) is 3.33. The second-order valence-corrected chi connectivity index (χ2v) is 2.32. The summed E-state index contributed by atoms with van der Waals surface area (Å²) in [5, 5.41) is 17.6. The Morgan fingerprint density at radius 2 is 2.08 bits per heavy atom. The number of rotatable bonds is 2. The van der Waals surface area contributed by atoms with Crippen molar-refractivity contribution < 1.29 is 15.0 Å². The molecular formula is C9H8O3. The summed E-state index contributed by atoms with van der Waals surface area (Å²) in [4.78, 5) is 10.5. The van der Waals surface area contributed by atoms with Gasteiger partial charge in [-0.2, -0.15) is 0 Å². The maximum absolute atomic E-state index is 10.5. The van der Waals surface area contributed by atoms with E-state index in [1.807, 2.05) is 0 Å². The number of carboxylic acid groups (broad SMARTS) is 1. The first-order valence-corrected chi connectivity index (χ1v) is 3.33. The molecule has 0 fully saturated rings. The van der Waals surface area contributed by atoms with Crippen LogP contribution in [-0.2, 0) is 0 Å². The maximum Gasteiger partial charge on any atom is 0.335 e. The molecule has 62 valence electrons. The molecule has 0 aliphatic carbocycles. The SMILES string of the molecule is C=Cc1cc(O)cc(C(=O)O)c1. The molecule has 1 rings (SSSR count). The first-order chi connectivity index (χ1) is 5.63. The minimum atomic E-state index is -1.06. The quantitative estimate of drug-likeness (QED) is 0.699. The summed E-state index contributed by atoms with van der Waals surface area (Å²) >= 11 is 0. The van der Waals surface area contributed by atoms with Gasteiger partial charge in [0.2, 0.25) is 0 Å². The lowest BCUT2D eigenvalue weighted by atomic mass is 10.1. The van der Waals surface area contributed by atoms with Crippen molar-refractivity contribution in [3.63, 3.8) is 0 Å². The highest BCUT2D eigenvalue weighted by molar-refractivity contribution is 5.88. The van der Waals surface area contributed by atoms with Crippen LogP contribution in [0.25, 0.3) is 6.08 Å². The Kier molecular flexibility index (Phi) is 2.14. The van der Waals surface area contributed by atoms with Crippen LogP contribution in [0.5, 0.6) is 5.75 Å². The van der Waals surface area contributed by atoms with E-state index in [-0.39, 0.29) is 11.3 Å². The third-order valence-electron chi connectivity index (χ3n) is 1.42. The topological polar surface area (TPSA) is 57.5 Å². The van der Waals surface area contributed by atoms with Gasteiger partial charge >= 0.3 is 5.97 Å². The molecule has 2 N–H and O–H groups in total. The third-order valence-corrected chi connectivity index (χ3v) is 1.42. The molecule has 1 aromatic rings. The predicted molar refractivity (Wildman–Crippen MR) is 45.2 cm³/mol. The second-order valence-electron chi connectivity index (χ2n) is 2.32. The van der Waals surface area contributed by atoms with E-state index in [0.717, 1.165) is 0 Å².